The molecule has 0 saturated carbocycles. The van der Waals surface area contributed by atoms with Gasteiger partial charge in [0.25, 0.3) is 0 Å². The Morgan fingerprint density at radius 1 is 1.22 bits per heavy atom. The molecular formula is C19H25N3O. The molecule has 4 heteroatoms. The maximum absolute atomic E-state index is 12.7. The van der Waals surface area contributed by atoms with Crippen molar-refractivity contribution in [2.24, 2.45) is 5.92 Å². The van der Waals surface area contributed by atoms with E-state index in [4.69, 9.17) is 0 Å². The molecule has 0 spiro atoms. The van der Waals surface area contributed by atoms with Gasteiger partial charge >= 0.3 is 6.03 Å². The zero-order valence-corrected chi connectivity index (χ0v) is 14.1. The summed E-state index contributed by atoms with van der Waals surface area (Å²) in [6.45, 7) is 8.61. The molecule has 2 heterocycles. The number of nitrogens with one attached hydrogen (secondary N) is 1. The third-order valence-corrected chi connectivity index (χ3v) is 4.54. The number of carbonyl (C=O) groups excluding carboxylic acids is 1. The molecule has 2 aromatic rings. The van der Waals surface area contributed by atoms with Crippen LogP contribution >= 0.6 is 0 Å². The lowest BCUT2D eigenvalue weighted by atomic mass is 9.97. The van der Waals surface area contributed by atoms with Gasteiger partial charge in [0, 0.05) is 31.5 Å². The number of amides is 2. The highest BCUT2D eigenvalue weighted by Gasteiger charge is 2.32. The van der Waals surface area contributed by atoms with Crippen LogP contribution in [0.4, 0.5) is 4.79 Å². The summed E-state index contributed by atoms with van der Waals surface area (Å²) in [5.41, 5.74) is 3.60. The lowest BCUT2D eigenvalue weighted by Gasteiger charge is -2.39. The molecule has 1 N–H and O–H groups in total. The highest BCUT2D eigenvalue weighted by molar-refractivity contribution is 5.75. The van der Waals surface area contributed by atoms with E-state index in [0.29, 0.717) is 12.5 Å². The van der Waals surface area contributed by atoms with Gasteiger partial charge in [-0.05, 0) is 30.5 Å². The molecule has 122 valence electrons. The Kier molecular flexibility index (Phi) is 4.42. The molecule has 1 aliphatic rings. The summed E-state index contributed by atoms with van der Waals surface area (Å²) in [4.78, 5) is 14.7. The van der Waals surface area contributed by atoms with Crippen molar-refractivity contribution in [1.82, 2.24) is 14.8 Å². The molecule has 0 saturated heterocycles. The minimum Gasteiger partial charge on any atom is -0.348 e. The molecule has 0 aliphatic carbocycles. The molecule has 0 fully saturated rings. The van der Waals surface area contributed by atoms with E-state index < -0.39 is 0 Å². The number of carbonyl (C=O) groups is 1. The van der Waals surface area contributed by atoms with Crippen LogP contribution in [0, 0.1) is 12.8 Å². The first-order valence-corrected chi connectivity index (χ1v) is 8.31. The van der Waals surface area contributed by atoms with Gasteiger partial charge in [-0.3, -0.25) is 0 Å². The fourth-order valence-corrected chi connectivity index (χ4v) is 3.33. The number of aryl methyl sites for hydroxylation is 1. The summed E-state index contributed by atoms with van der Waals surface area (Å²) < 4.78 is 2.26. The summed E-state index contributed by atoms with van der Waals surface area (Å²) in [6, 6.07) is 12.6. The summed E-state index contributed by atoms with van der Waals surface area (Å²) in [5.74, 6) is 0.383. The van der Waals surface area contributed by atoms with Gasteiger partial charge in [-0.25, -0.2) is 4.79 Å². The van der Waals surface area contributed by atoms with Gasteiger partial charge in [0.15, 0.2) is 0 Å². The number of aromatic nitrogens is 1. The molecule has 0 radical (unpaired) electrons. The van der Waals surface area contributed by atoms with Crippen LogP contribution in [0.15, 0.2) is 42.6 Å². The molecule has 1 aliphatic heterocycles. The van der Waals surface area contributed by atoms with E-state index in [2.05, 4.69) is 73.3 Å². The first-order valence-electron chi connectivity index (χ1n) is 8.31. The van der Waals surface area contributed by atoms with Crippen LogP contribution in [0.2, 0.25) is 0 Å². The van der Waals surface area contributed by atoms with E-state index in [-0.39, 0.29) is 12.1 Å². The summed E-state index contributed by atoms with van der Waals surface area (Å²) in [5, 5.41) is 3.07. The zero-order valence-electron chi connectivity index (χ0n) is 14.1. The van der Waals surface area contributed by atoms with Crippen molar-refractivity contribution in [1.29, 1.82) is 0 Å². The van der Waals surface area contributed by atoms with Crippen molar-refractivity contribution in [2.45, 2.75) is 39.9 Å². The number of urea groups is 1. The van der Waals surface area contributed by atoms with Crippen molar-refractivity contribution >= 4 is 6.03 Å². The van der Waals surface area contributed by atoms with E-state index in [1.807, 2.05) is 4.90 Å². The quantitative estimate of drug-likeness (QED) is 0.921. The van der Waals surface area contributed by atoms with Crippen LogP contribution in [-0.2, 0) is 13.1 Å². The topological polar surface area (TPSA) is 37.3 Å². The van der Waals surface area contributed by atoms with Gasteiger partial charge < -0.3 is 14.8 Å². The second-order valence-corrected chi connectivity index (χ2v) is 6.65. The first-order chi connectivity index (χ1) is 11.1. The second kappa shape index (κ2) is 6.49. The standard InChI is InChI=1S/C19H25N3O/c1-14(2)18-17-5-4-10-21(17)11-12-22(18)19(23)20-13-16-8-6-15(3)7-9-16/h4-10,14,18H,11-13H2,1-3H3,(H,20,23)/t18-/m0/s1. The Hall–Kier alpha value is -2.23. The van der Waals surface area contributed by atoms with Crippen LogP contribution in [-0.4, -0.2) is 22.0 Å². The van der Waals surface area contributed by atoms with E-state index in [1.54, 1.807) is 0 Å². The van der Waals surface area contributed by atoms with Crippen molar-refractivity contribution in [3.05, 3.63) is 59.4 Å². The molecular weight excluding hydrogens is 286 g/mol. The van der Waals surface area contributed by atoms with Crippen LogP contribution in [0.25, 0.3) is 0 Å². The average molecular weight is 311 g/mol. The maximum Gasteiger partial charge on any atom is 0.318 e. The van der Waals surface area contributed by atoms with Crippen molar-refractivity contribution in [3.8, 4) is 0 Å². The van der Waals surface area contributed by atoms with E-state index >= 15 is 0 Å². The number of benzene rings is 1. The predicted octanol–water partition coefficient (Wildman–Crippen LogP) is 3.72. The summed E-state index contributed by atoms with van der Waals surface area (Å²) in [6.07, 6.45) is 2.10. The Balaban J connectivity index is 1.70. The lowest BCUT2D eigenvalue weighted by Crippen LogP contribution is -2.48. The average Bonchev–Trinajstić information content (AvgIpc) is 3.01. The number of hydrogen-bond acceptors (Lipinski definition) is 1. The largest absolute Gasteiger partial charge is 0.348 e. The third kappa shape index (κ3) is 3.26. The van der Waals surface area contributed by atoms with Gasteiger partial charge in [0.05, 0.1) is 6.04 Å². The number of fused-ring (bicyclic) bond motifs is 1. The van der Waals surface area contributed by atoms with Gasteiger partial charge in [0.1, 0.15) is 0 Å². The highest BCUT2D eigenvalue weighted by Crippen LogP contribution is 2.32. The molecule has 3 rings (SSSR count). The van der Waals surface area contributed by atoms with Gasteiger partial charge in [-0.2, -0.15) is 0 Å². The summed E-state index contributed by atoms with van der Waals surface area (Å²) in [7, 11) is 0. The predicted molar refractivity (Wildman–Crippen MR) is 92.1 cm³/mol. The monoisotopic (exact) mass is 311 g/mol. The zero-order chi connectivity index (χ0) is 16.4. The molecule has 23 heavy (non-hydrogen) atoms. The number of hydrogen-bond donors (Lipinski definition) is 1. The smallest absolute Gasteiger partial charge is 0.318 e. The molecule has 1 atom stereocenters. The normalized spacial score (nSPS) is 17.2. The maximum atomic E-state index is 12.7. The second-order valence-electron chi connectivity index (χ2n) is 6.65. The Morgan fingerprint density at radius 2 is 1.96 bits per heavy atom. The first kappa shape index (κ1) is 15.7. The van der Waals surface area contributed by atoms with Gasteiger partial charge in [0.2, 0.25) is 0 Å². The number of rotatable bonds is 3. The Morgan fingerprint density at radius 3 is 2.65 bits per heavy atom. The molecule has 1 aromatic carbocycles. The lowest BCUT2D eigenvalue weighted by molar-refractivity contribution is 0.133. The van der Waals surface area contributed by atoms with E-state index in [0.717, 1.165) is 18.7 Å². The molecule has 1 aromatic heterocycles. The molecule has 4 nitrogen and oxygen atoms in total. The summed E-state index contributed by atoms with van der Waals surface area (Å²) >= 11 is 0. The SMILES string of the molecule is Cc1ccc(CNC(=O)N2CCn3cccc3[C@@H]2C(C)C)cc1. The number of nitrogens with zero attached hydrogens (tertiary/aromatic N) is 2. The minimum atomic E-state index is 0.0247. The Bertz CT molecular complexity index is 672. The highest BCUT2D eigenvalue weighted by atomic mass is 16.2. The van der Waals surface area contributed by atoms with Crippen molar-refractivity contribution < 1.29 is 4.79 Å². The van der Waals surface area contributed by atoms with Gasteiger partial charge in [-0.1, -0.05) is 43.7 Å². The van der Waals surface area contributed by atoms with Crippen LogP contribution in [0.3, 0.4) is 0 Å². The minimum absolute atomic E-state index is 0.0247. The fourth-order valence-electron chi connectivity index (χ4n) is 3.33. The van der Waals surface area contributed by atoms with E-state index in [1.165, 1.54) is 11.3 Å². The van der Waals surface area contributed by atoms with Crippen LogP contribution in [0.5, 0.6) is 0 Å². The third-order valence-electron chi connectivity index (χ3n) is 4.54. The van der Waals surface area contributed by atoms with E-state index in [9.17, 15) is 4.79 Å². The fraction of sp³-hybridized carbons (Fsp3) is 0.421. The van der Waals surface area contributed by atoms with Crippen LogP contribution in [0.1, 0.15) is 36.7 Å². The Labute approximate surface area is 138 Å². The van der Waals surface area contributed by atoms with Gasteiger partial charge in [-0.15, -0.1) is 0 Å². The molecule has 0 bridgehead atoms. The van der Waals surface area contributed by atoms with Crippen LogP contribution < -0.4 is 5.32 Å². The molecule has 0 unspecified atom stereocenters. The van der Waals surface area contributed by atoms with Crippen molar-refractivity contribution in [3.63, 3.8) is 0 Å². The molecule has 2 amide bonds. The van der Waals surface area contributed by atoms with Crippen molar-refractivity contribution in [2.75, 3.05) is 6.54 Å².